The third-order valence-corrected chi connectivity index (χ3v) is 3.74. The molecule has 7 nitrogen and oxygen atoms in total. The Morgan fingerprint density at radius 1 is 1.27 bits per heavy atom. The molecule has 0 atom stereocenters. The molecule has 0 aliphatic carbocycles. The van der Waals surface area contributed by atoms with Gasteiger partial charge in [-0.05, 0) is 24.3 Å². The van der Waals surface area contributed by atoms with Crippen LogP contribution in [-0.2, 0) is 11.2 Å². The maximum atomic E-state index is 5.20. The van der Waals surface area contributed by atoms with Gasteiger partial charge in [0.25, 0.3) is 0 Å². The molecule has 1 fully saturated rings. The van der Waals surface area contributed by atoms with Gasteiger partial charge in [0.2, 0.25) is 0 Å². The van der Waals surface area contributed by atoms with Crippen LogP contribution in [0.3, 0.4) is 0 Å². The summed E-state index contributed by atoms with van der Waals surface area (Å²) < 4.78 is 12.1. The third kappa shape index (κ3) is 2.29. The molecule has 4 rings (SSSR count). The number of rotatable bonds is 4. The van der Waals surface area contributed by atoms with Gasteiger partial charge in [-0.25, -0.2) is 9.97 Å². The largest absolute Gasteiger partial charge is 0.497 e. The Balaban J connectivity index is 1.71. The van der Waals surface area contributed by atoms with Gasteiger partial charge >= 0.3 is 0 Å². The summed E-state index contributed by atoms with van der Waals surface area (Å²) in [4.78, 5) is 8.98. The highest BCUT2D eigenvalue weighted by Gasteiger charge is 2.20. The first kappa shape index (κ1) is 13.1. The quantitative estimate of drug-likeness (QED) is 0.725. The molecule has 3 heterocycles. The molecule has 7 heteroatoms. The number of hydrogen-bond donors (Lipinski definition) is 0. The molecule has 1 aromatic carbocycles. The molecule has 112 valence electrons. The van der Waals surface area contributed by atoms with E-state index in [1.807, 2.05) is 24.3 Å². The van der Waals surface area contributed by atoms with Gasteiger partial charge in [0.1, 0.15) is 11.6 Å². The van der Waals surface area contributed by atoms with Crippen molar-refractivity contribution in [1.82, 2.24) is 25.0 Å². The maximum Gasteiger partial charge on any atom is 0.187 e. The van der Waals surface area contributed by atoms with Gasteiger partial charge in [-0.2, -0.15) is 4.68 Å². The number of methoxy groups -OCH3 is 1. The summed E-state index contributed by atoms with van der Waals surface area (Å²) >= 11 is 0. The summed E-state index contributed by atoms with van der Waals surface area (Å²) in [5, 5.41) is 8.30. The molecule has 0 radical (unpaired) electrons. The third-order valence-electron chi connectivity index (χ3n) is 3.74. The molecule has 1 aliphatic heterocycles. The van der Waals surface area contributed by atoms with Crippen LogP contribution in [0.15, 0.2) is 30.5 Å². The van der Waals surface area contributed by atoms with E-state index < -0.39 is 0 Å². The van der Waals surface area contributed by atoms with Crippen molar-refractivity contribution >= 4 is 11.2 Å². The van der Waals surface area contributed by atoms with E-state index in [0.29, 0.717) is 11.4 Å². The zero-order valence-electron chi connectivity index (χ0n) is 12.1. The lowest BCUT2D eigenvalue weighted by atomic mass is 10.0. The average Bonchev–Trinajstić information content (AvgIpc) is 2.94. The van der Waals surface area contributed by atoms with E-state index in [0.717, 1.165) is 42.5 Å². The van der Waals surface area contributed by atoms with Crippen LogP contribution in [0, 0.1) is 5.92 Å². The maximum absolute atomic E-state index is 5.20. The Morgan fingerprint density at radius 2 is 2.09 bits per heavy atom. The van der Waals surface area contributed by atoms with Crippen LogP contribution >= 0.6 is 0 Å². The lowest BCUT2D eigenvalue weighted by Crippen LogP contribution is -2.29. The highest BCUT2D eigenvalue weighted by atomic mass is 16.5. The second-order valence-corrected chi connectivity index (χ2v) is 5.30. The van der Waals surface area contributed by atoms with Gasteiger partial charge in [-0.3, -0.25) is 0 Å². The summed E-state index contributed by atoms with van der Waals surface area (Å²) in [6.45, 7) is 1.58. The Morgan fingerprint density at radius 3 is 2.77 bits per heavy atom. The zero-order valence-corrected chi connectivity index (χ0v) is 12.1. The van der Waals surface area contributed by atoms with Crippen LogP contribution < -0.4 is 4.74 Å². The molecular weight excluding hydrogens is 282 g/mol. The molecule has 0 amide bonds. The summed E-state index contributed by atoms with van der Waals surface area (Å²) in [7, 11) is 1.64. The van der Waals surface area contributed by atoms with E-state index >= 15 is 0 Å². The molecule has 0 bridgehead atoms. The Labute approximate surface area is 126 Å². The average molecular weight is 297 g/mol. The molecule has 0 N–H and O–H groups in total. The molecule has 1 aliphatic rings. The molecule has 0 saturated carbocycles. The zero-order chi connectivity index (χ0) is 14.9. The SMILES string of the molecule is COc1ccc(-n2nnc3cnc(CC4COC4)nc32)cc1. The molecule has 3 aromatic rings. The van der Waals surface area contributed by atoms with Crippen LogP contribution in [0.2, 0.25) is 0 Å². The predicted octanol–water partition coefficient (Wildman–Crippen LogP) is 1.41. The van der Waals surface area contributed by atoms with Crippen molar-refractivity contribution in [1.29, 1.82) is 0 Å². The van der Waals surface area contributed by atoms with Crippen molar-refractivity contribution in [3.8, 4) is 11.4 Å². The fourth-order valence-electron chi connectivity index (χ4n) is 2.42. The van der Waals surface area contributed by atoms with Crippen molar-refractivity contribution in [2.24, 2.45) is 5.92 Å². The van der Waals surface area contributed by atoms with Gasteiger partial charge in [0.15, 0.2) is 11.2 Å². The first-order valence-corrected chi connectivity index (χ1v) is 7.13. The van der Waals surface area contributed by atoms with Crippen LogP contribution in [-0.4, -0.2) is 45.3 Å². The smallest absolute Gasteiger partial charge is 0.187 e. The monoisotopic (exact) mass is 297 g/mol. The van der Waals surface area contributed by atoms with Crippen LogP contribution in [0.5, 0.6) is 5.75 Å². The molecule has 1 saturated heterocycles. The fraction of sp³-hybridized carbons (Fsp3) is 0.333. The van der Waals surface area contributed by atoms with E-state index in [9.17, 15) is 0 Å². The predicted molar refractivity (Wildman–Crippen MR) is 79.0 cm³/mol. The number of hydrogen-bond acceptors (Lipinski definition) is 6. The molecule has 2 aromatic heterocycles. The van der Waals surface area contributed by atoms with Crippen LogP contribution in [0.25, 0.3) is 16.9 Å². The normalized spacial score (nSPS) is 15.0. The topological polar surface area (TPSA) is 75.0 Å². The van der Waals surface area contributed by atoms with Gasteiger partial charge in [0.05, 0.1) is 32.2 Å². The number of aromatic nitrogens is 5. The van der Waals surface area contributed by atoms with E-state index in [1.54, 1.807) is 18.0 Å². The lowest BCUT2D eigenvalue weighted by molar-refractivity contribution is -0.0320. The molecule has 22 heavy (non-hydrogen) atoms. The lowest BCUT2D eigenvalue weighted by Gasteiger charge is -2.24. The summed E-state index contributed by atoms with van der Waals surface area (Å²) in [5.41, 5.74) is 2.29. The first-order valence-electron chi connectivity index (χ1n) is 7.13. The van der Waals surface area contributed by atoms with Gasteiger partial charge in [0, 0.05) is 12.3 Å². The second-order valence-electron chi connectivity index (χ2n) is 5.30. The van der Waals surface area contributed by atoms with E-state index in [2.05, 4.69) is 20.3 Å². The number of ether oxygens (including phenoxy) is 2. The minimum absolute atomic E-state index is 0.516. The van der Waals surface area contributed by atoms with E-state index in [1.165, 1.54) is 0 Å². The molecule has 0 spiro atoms. The Bertz CT molecular complexity index is 795. The van der Waals surface area contributed by atoms with Crippen molar-refractivity contribution in [3.05, 3.63) is 36.3 Å². The molecule has 0 unspecified atom stereocenters. The minimum Gasteiger partial charge on any atom is -0.497 e. The second kappa shape index (κ2) is 5.34. The van der Waals surface area contributed by atoms with Crippen molar-refractivity contribution in [2.45, 2.75) is 6.42 Å². The van der Waals surface area contributed by atoms with Gasteiger partial charge in [-0.15, -0.1) is 5.10 Å². The van der Waals surface area contributed by atoms with Crippen LogP contribution in [0.1, 0.15) is 5.82 Å². The number of fused-ring (bicyclic) bond motifs is 1. The summed E-state index contributed by atoms with van der Waals surface area (Å²) in [5.74, 6) is 2.12. The highest BCUT2D eigenvalue weighted by Crippen LogP contribution is 2.19. The van der Waals surface area contributed by atoms with Gasteiger partial charge < -0.3 is 9.47 Å². The van der Waals surface area contributed by atoms with Crippen molar-refractivity contribution in [3.63, 3.8) is 0 Å². The fourth-order valence-corrected chi connectivity index (χ4v) is 2.42. The first-order chi connectivity index (χ1) is 10.8. The van der Waals surface area contributed by atoms with E-state index in [-0.39, 0.29) is 0 Å². The number of benzene rings is 1. The summed E-state index contributed by atoms with van der Waals surface area (Å²) in [6.07, 6.45) is 2.55. The summed E-state index contributed by atoms with van der Waals surface area (Å²) in [6, 6.07) is 7.62. The van der Waals surface area contributed by atoms with Gasteiger partial charge in [-0.1, -0.05) is 5.21 Å². The Kier molecular flexibility index (Phi) is 3.19. The minimum atomic E-state index is 0.516. The van der Waals surface area contributed by atoms with Crippen molar-refractivity contribution < 1.29 is 9.47 Å². The highest BCUT2D eigenvalue weighted by molar-refractivity contribution is 5.70. The van der Waals surface area contributed by atoms with Crippen molar-refractivity contribution in [2.75, 3.05) is 20.3 Å². The van der Waals surface area contributed by atoms with Crippen LogP contribution in [0.4, 0.5) is 0 Å². The Hall–Kier alpha value is -2.54. The standard InChI is InChI=1S/C15H15N5O2/c1-21-12-4-2-11(3-5-12)20-15-13(18-19-20)7-16-14(17-15)6-10-8-22-9-10/h2-5,7,10H,6,8-9H2,1H3. The van der Waals surface area contributed by atoms with E-state index in [4.69, 9.17) is 9.47 Å². The molecular formula is C15H15N5O2. The number of nitrogens with zero attached hydrogens (tertiary/aromatic N) is 5.